The molecule has 4 aliphatic rings. The number of nitrogens with zero attached hydrogens (tertiary/aromatic N) is 2. The number of hydrogen-bond donors (Lipinski definition) is 2. The molecule has 1 saturated carbocycles. The summed E-state index contributed by atoms with van der Waals surface area (Å²) >= 11 is 0. The predicted octanol–water partition coefficient (Wildman–Crippen LogP) is 2.08. The molecule has 3 N–H and O–H groups in total. The van der Waals surface area contributed by atoms with Crippen LogP contribution in [0.25, 0.3) is 0 Å². The predicted molar refractivity (Wildman–Crippen MR) is 114 cm³/mol. The molecule has 1 amide bonds. The molecule has 8 nitrogen and oxygen atoms in total. The standard InChI is InChI=1S/C15H21N3O4S.C6H13N/c1-23(20)18-11-2-3-12(18)5-10(4-11)16-15(19)13-6-14(22-17-13)9-7-21-8-9;7-6-4-2-1-3-5-6/h6,9-12H,2-5,7-8H2,1H3,(H,16,19);6H,1-5,7H2/t10?,11-,12?,23?;/m1./s1. The number of nitrogens with two attached hydrogens (primary N) is 1. The summed E-state index contributed by atoms with van der Waals surface area (Å²) in [7, 11) is -0.929. The van der Waals surface area contributed by atoms with Gasteiger partial charge in [0.05, 0.1) is 30.1 Å². The van der Waals surface area contributed by atoms with Crippen LogP contribution in [-0.2, 0) is 15.7 Å². The summed E-state index contributed by atoms with van der Waals surface area (Å²) < 4.78 is 24.3. The number of carbonyl (C=O) groups excluding carboxylic acids is 1. The van der Waals surface area contributed by atoms with Gasteiger partial charge in [-0.1, -0.05) is 24.4 Å². The Hall–Kier alpha value is -1.29. The topological polar surface area (TPSA) is 111 Å². The van der Waals surface area contributed by atoms with Gasteiger partial charge in [0.2, 0.25) is 0 Å². The van der Waals surface area contributed by atoms with Crippen LogP contribution in [0.4, 0.5) is 0 Å². The molecule has 0 spiro atoms. The molecule has 1 aliphatic carbocycles. The van der Waals surface area contributed by atoms with Gasteiger partial charge in [-0.05, 0) is 38.5 Å². The van der Waals surface area contributed by atoms with Crippen LogP contribution in [0, 0.1) is 0 Å². The molecule has 1 aromatic heterocycles. The molecular weight excluding hydrogens is 404 g/mol. The van der Waals surface area contributed by atoms with E-state index < -0.39 is 11.0 Å². The molecule has 0 aromatic carbocycles. The van der Waals surface area contributed by atoms with Crippen molar-refractivity contribution in [3.63, 3.8) is 0 Å². The zero-order valence-corrected chi connectivity index (χ0v) is 18.6. The lowest BCUT2D eigenvalue weighted by molar-refractivity contribution is -0.00228. The van der Waals surface area contributed by atoms with Gasteiger partial charge < -0.3 is 20.3 Å². The second kappa shape index (κ2) is 9.89. The summed E-state index contributed by atoms with van der Waals surface area (Å²) in [5.41, 5.74) is 5.97. The second-order valence-electron chi connectivity index (χ2n) is 9.06. The van der Waals surface area contributed by atoms with Gasteiger partial charge in [0.15, 0.2) is 5.69 Å². The fraction of sp³-hybridized carbons (Fsp3) is 0.810. The third-order valence-corrected chi connectivity index (χ3v) is 7.94. The number of piperidine rings is 1. The molecule has 1 aromatic rings. The van der Waals surface area contributed by atoms with Crippen LogP contribution in [0.3, 0.4) is 0 Å². The molecule has 0 radical (unpaired) electrons. The van der Waals surface area contributed by atoms with Crippen molar-refractivity contribution in [2.75, 3.05) is 19.5 Å². The van der Waals surface area contributed by atoms with Gasteiger partial charge in [-0.15, -0.1) is 0 Å². The zero-order chi connectivity index (χ0) is 21.1. The molecule has 2 bridgehead atoms. The molecule has 4 heterocycles. The van der Waals surface area contributed by atoms with E-state index >= 15 is 0 Å². The maximum Gasteiger partial charge on any atom is 0.273 e. The van der Waals surface area contributed by atoms with Crippen molar-refractivity contribution in [1.29, 1.82) is 0 Å². The molecule has 4 fully saturated rings. The van der Waals surface area contributed by atoms with Crippen LogP contribution in [0.5, 0.6) is 0 Å². The largest absolute Gasteiger partial charge is 0.380 e. The number of aromatic nitrogens is 1. The Labute approximate surface area is 180 Å². The fourth-order valence-electron chi connectivity index (χ4n) is 5.05. The molecule has 3 saturated heterocycles. The second-order valence-corrected chi connectivity index (χ2v) is 10.3. The van der Waals surface area contributed by atoms with E-state index in [1.54, 1.807) is 12.3 Å². The van der Waals surface area contributed by atoms with Crippen molar-refractivity contribution in [2.45, 2.75) is 87.9 Å². The Morgan fingerprint density at radius 2 is 1.83 bits per heavy atom. The fourth-order valence-corrected chi connectivity index (χ4v) is 6.28. The van der Waals surface area contributed by atoms with Gasteiger partial charge in [0.25, 0.3) is 5.91 Å². The maximum atomic E-state index is 12.4. The van der Waals surface area contributed by atoms with Crippen LogP contribution < -0.4 is 11.1 Å². The molecular formula is C21H34N4O4S. The average Bonchev–Trinajstić information content (AvgIpc) is 3.25. The third-order valence-electron chi connectivity index (χ3n) is 6.75. The third kappa shape index (κ3) is 5.12. The van der Waals surface area contributed by atoms with E-state index in [1.165, 1.54) is 32.1 Å². The molecule has 30 heavy (non-hydrogen) atoms. The van der Waals surface area contributed by atoms with E-state index in [0.717, 1.165) is 31.4 Å². The van der Waals surface area contributed by atoms with Crippen LogP contribution in [0.1, 0.15) is 80.0 Å². The van der Waals surface area contributed by atoms with E-state index in [-0.39, 0.29) is 17.9 Å². The summed E-state index contributed by atoms with van der Waals surface area (Å²) in [6.45, 7) is 1.26. The number of amides is 1. The maximum absolute atomic E-state index is 12.4. The van der Waals surface area contributed by atoms with Crippen molar-refractivity contribution >= 4 is 16.9 Å². The van der Waals surface area contributed by atoms with Crippen molar-refractivity contribution in [3.8, 4) is 0 Å². The SMILES string of the molecule is CS(=O)N1C2CC[C@@H]1CC(NC(=O)c1cc(C3COC3)on1)C2.NC1CCCCC1. The minimum absolute atomic E-state index is 0.118. The van der Waals surface area contributed by atoms with E-state index in [0.29, 0.717) is 37.0 Å². The summed E-state index contributed by atoms with van der Waals surface area (Å²) in [4.78, 5) is 12.4. The zero-order valence-electron chi connectivity index (χ0n) is 17.8. The Morgan fingerprint density at radius 1 is 1.17 bits per heavy atom. The number of hydrogen-bond acceptors (Lipinski definition) is 6. The highest BCUT2D eigenvalue weighted by atomic mass is 32.2. The Balaban J connectivity index is 0.000000265. The van der Waals surface area contributed by atoms with Crippen molar-refractivity contribution in [1.82, 2.24) is 14.8 Å². The summed E-state index contributed by atoms with van der Waals surface area (Å²) in [6, 6.07) is 2.99. The number of rotatable bonds is 4. The van der Waals surface area contributed by atoms with Gasteiger partial charge in [0, 0.05) is 36.5 Å². The number of nitrogens with one attached hydrogen (secondary N) is 1. The lowest BCUT2D eigenvalue weighted by Crippen LogP contribution is -2.50. The average molecular weight is 439 g/mol. The van der Waals surface area contributed by atoms with Crippen molar-refractivity contribution in [3.05, 3.63) is 17.5 Å². The highest BCUT2D eigenvalue weighted by molar-refractivity contribution is 7.81. The highest BCUT2D eigenvalue weighted by Crippen LogP contribution is 2.36. The number of ether oxygens (including phenoxy) is 1. The molecule has 168 valence electrons. The first-order chi connectivity index (χ1) is 14.5. The van der Waals surface area contributed by atoms with E-state index in [2.05, 4.69) is 14.8 Å². The first-order valence-corrected chi connectivity index (χ1v) is 12.8. The molecule has 3 aliphatic heterocycles. The molecule has 3 unspecified atom stereocenters. The van der Waals surface area contributed by atoms with Crippen LogP contribution in [0.2, 0.25) is 0 Å². The summed E-state index contributed by atoms with van der Waals surface area (Å²) in [5.74, 6) is 0.760. The highest BCUT2D eigenvalue weighted by Gasteiger charge is 2.43. The lowest BCUT2D eigenvalue weighted by atomic mass is 9.97. The van der Waals surface area contributed by atoms with Gasteiger partial charge in [0.1, 0.15) is 5.76 Å². The van der Waals surface area contributed by atoms with Gasteiger partial charge in [-0.25, -0.2) is 8.51 Å². The molecule has 9 heteroatoms. The first kappa shape index (κ1) is 21.9. The number of carbonyl (C=O) groups is 1. The van der Waals surface area contributed by atoms with Gasteiger partial charge in [-0.2, -0.15) is 0 Å². The monoisotopic (exact) mass is 438 g/mol. The minimum Gasteiger partial charge on any atom is -0.380 e. The van der Waals surface area contributed by atoms with E-state index in [4.69, 9.17) is 15.0 Å². The minimum atomic E-state index is -0.929. The van der Waals surface area contributed by atoms with Crippen molar-refractivity contribution < 1.29 is 18.3 Å². The summed E-state index contributed by atoms with van der Waals surface area (Å²) in [5, 5.41) is 6.95. The number of fused-ring (bicyclic) bond motifs is 2. The van der Waals surface area contributed by atoms with Gasteiger partial charge in [-0.3, -0.25) is 4.79 Å². The Kier molecular flexibility index (Phi) is 7.23. The van der Waals surface area contributed by atoms with Crippen LogP contribution >= 0.6 is 0 Å². The molecule has 4 atom stereocenters. The van der Waals surface area contributed by atoms with Crippen LogP contribution in [0.15, 0.2) is 10.6 Å². The normalized spacial score (nSPS) is 30.8. The Morgan fingerprint density at radius 3 is 2.33 bits per heavy atom. The van der Waals surface area contributed by atoms with E-state index in [1.807, 2.05) is 0 Å². The first-order valence-electron chi connectivity index (χ1n) is 11.2. The van der Waals surface area contributed by atoms with Crippen LogP contribution in [-0.4, -0.2) is 63.2 Å². The van der Waals surface area contributed by atoms with E-state index in [9.17, 15) is 9.00 Å². The lowest BCUT2D eigenvalue weighted by Gasteiger charge is -2.37. The molecule has 5 rings (SSSR count). The van der Waals surface area contributed by atoms with Crippen molar-refractivity contribution in [2.24, 2.45) is 5.73 Å². The quantitative estimate of drug-likeness (QED) is 0.745. The summed E-state index contributed by atoms with van der Waals surface area (Å²) in [6.07, 6.45) is 12.2. The smallest absolute Gasteiger partial charge is 0.273 e. The Bertz CT molecular complexity index is 733. The van der Waals surface area contributed by atoms with Gasteiger partial charge >= 0.3 is 0 Å².